The van der Waals surface area contributed by atoms with Gasteiger partial charge in [0.1, 0.15) is 11.4 Å². The molecule has 0 unspecified atom stereocenters. The van der Waals surface area contributed by atoms with E-state index in [1.165, 1.54) is 12.1 Å². The van der Waals surface area contributed by atoms with Crippen molar-refractivity contribution in [2.75, 3.05) is 5.32 Å². The maximum absolute atomic E-state index is 11.0. The van der Waals surface area contributed by atoms with E-state index in [1.807, 2.05) is 6.92 Å². The molecule has 2 aromatic rings. The second-order valence-electron chi connectivity index (χ2n) is 4.22. The standard InChI is InChI=1S/C13H13N3O5/c1-2-9-6-15-12(21-9)7-14-10-4-3-8(13(17)18)5-11(10)16(19)20/h3-6,14H,2,7H2,1H3,(H,17,18). The second kappa shape index (κ2) is 6.04. The van der Waals surface area contributed by atoms with Crippen LogP contribution in [-0.2, 0) is 13.0 Å². The molecule has 0 amide bonds. The van der Waals surface area contributed by atoms with Gasteiger partial charge in [-0.05, 0) is 12.1 Å². The number of aromatic carboxylic acids is 1. The Bertz CT molecular complexity index is 680. The number of aromatic nitrogens is 1. The number of nitrogens with zero attached hydrogens (tertiary/aromatic N) is 2. The first kappa shape index (κ1) is 14.5. The van der Waals surface area contributed by atoms with Crippen molar-refractivity contribution in [2.45, 2.75) is 19.9 Å². The molecule has 0 aliphatic heterocycles. The van der Waals surface area contributed by atoms with E-state index in [9.17, 15) is 14.9 Å². The van der Waals surface area contributed by atoms with E-state index in [1.54, 1.807) is 6.20 Å². The first-order chi connectivity index (χ1) is 10.0. The summed E-state index contributed by atoms with van der Waals surface area (Å²) in [7, 11) is 0. The fraction of sp³-hybridized carbons (Fsp3) is 0.231. The molecule has 110 valence electrons. The summed E-state index contributed by atoms with van der Waals surface area (Å²) in [6, 6.07) is 3.66. The quantitative estimate of drug-likeness (QED) is 0.619. The number of carbonyl (C=O) groups is 1. The zero-order valence-electron chi connectivity index (χ0n) is 11.2. The lowest BCUT2D eigenvalue weighted by Gasteiger charge is -2.05. The summed E-state index contributed by atoms with van der Waals surface area (Å²) < 4.78 is 5.38. The van der Waals surface area contributed by atoms with Crippen LogP contribution in [0.3, 0.4) is 0 Å². The van der Waals surface area contributed by atoms with Crippen LogP contribution in [0.2, 0.25) is 0 Å². The summed E-state index contributed by atoms with van der Waals surface area (Å²) in [6.45, 7) is 2.10. The molecule has 0 saturated carbocycles. The molecule has 0 spiro atoms. The minimum Gasteiger partial charge on any atom is -0.478 e. The average Bonchev–Trinajstić information content (AvgIpc) is 2.92. The zero-order chi connectivity index (χ0) is 15.4. The molecule has 1 aromatic heterocycles. The monoisotopic (exact) mass is 291 g/mol. The number of oxazole rings is 1. The predicted octanol–water partition coefficient (Wildman–Crippen LogP) is 2.46. The molecule has 0 radical (unpaired) electrons. The fourth-order valence-electron chi connectivity index (χ4n) is 1.73. The fourth-order valence-corrected chi connectivity index (χ4v) is 1.73. The molecule has 2 N–H and O–H groups in total. The summed E-state index contributed by atoms with van der Waals surface area (Å²) >= 11 is 0. The van der Waals surface area contributed by atoms with Crippen molar-refractivity contribution < 1.29 is 19.2 Å². The Morgan fingerprint density at radius 3 is 2.86 bits per heavy atom. The highest BCUT2D eigenvalue weighted by atomic mass is 16.6. The first-order valence-electron chi connectivity index (χ1n) is 6.20. The molecule has 1 aromatic carbocycles. The van der Waals surface area contributed by atoms with E-state index in [2.05, 4.69) is 10.3 Å². The largest absolute Gasteiger partial charge is 0.478 e. The number of hydrogen-bond acceptors (Lipinski definition) is 6. The van der Waals surface area contributed by atoms with Gasteiger partial charge >= 0.3 is 5.97 Å². The van der Waals surface area contributed by atoms with Gasteiger partial charge in [0.05, 0.1) is 23.2 Å². The molecule has 1 heterocycles. The van der Waals surface area contributed by atoms with Crippen molar-refractivity contribution in [3.05, 3.63) is 51.7 Å². The number of rotatable bonds is 6. The number of carboxylic acids is 1. The number of nitrogens with one attached hydrogen (secondary N) is 1. The molecule has 0 atom stereocenters. The maximum Gasteiger partial charge on any atom is 0.335 e. The van der Waals surface area contributed by atoms with Gasteiger partial charge in [-0.25, -0.2) is 9.78 Å². The normalized spacial score (nSPS) is 10.3. The van der Waals surface area contributed by atoms with E-state index >= 15 is 0 Å². The van der Waals surface area contributed by atoms with Crippen molar-refractivity contribution in [3.8, 4) is 0 Å². The topological polar surface area (TPSA) is 119 Å². The smallest absolute Gasteiger partial charge is 0.335 e. The van der Waals surface area contributed by atoms with Crippen LogP contribution in [0, 0.1) is 10.1 Å². The Morgan fingerprint density at radius 1 is 1.52 bits per heavy atom. The van der Waals surface area contributed by atoms with Gasteiger partial charge in [-0.1, -0.05) is 6.92 Å². The number of carboxylic acid groups (broad SMARTS) is 1. The lowest BCUT2D eigenvalue weighted by Crippen LogP contribution is -2.05. The summed E-state index contributed by atoms with van der Waals surface area (Å²) in [4.78, 5) is 25.2. The van der Waals surface area contributed by atoms with E-state index in [0.717, 1.165) is 11.8 Å². The number of benzene rings is 1. The Morgan fingerprint density at radius 2 is 2.29 bits per heavy atom. The van der Waals surface area contributed by atoms with Crippen LogP contribution < -0.4 is 5.32 Å². The van der Waals surface area contributed by atoms with Crippen LogP contribution in [0.1, 0.15) is 28.9 Å². The predicted molar refractivity (Wildman–Crippen MR) is 73.3 cm³/mol. The van der Waals surface area contributed by atoms with Gasteiger partial charge in [0, 0.05) is 12.5 Å². The van der Waals surface area contributed by atoms with E-state index in [4.69, 9.17) is 9.52 Å². The van der Waals surface area contributed by atoms with Crippen molar-refractivity contribution in [3.63, 3.8) is 0 Å². The maximum atomic E-state index is 11.0. The summed E-state index contributed by atoms with van der Waals surface area (Å²) in [5, 5.41) is 22.7. The zero-order valence-corrected chi connectivity index (χ0v) is 11.2. The first-order valence-corrected chi connectivity index (χ1v) is 6.20. The average molecular weight is 291 g/mol. The summed E-state index contributed by atoms with van der Waals surface area (Å²) in [6.07, 6.45) is 2.30. The summed E-state index contributed by atoms with van der Waals surface area (Å²) in [5.74, 6) is -0.0871. The van der Waals surface area contributed by atoms with E-state index in [0.29, 0.717) is 12.3 Å². The third-order valence-corrected chi connectivity index (χ3v) is 2.82. The highest BCUT2D eigenvalue weighted by Crippen LogP contribution is 2.26. The van der Waals surface area contributed by atoms with Gasteiger partial charge in [-0.2, -0.15) is 0 Å². The van der Waals surface area contributed by atoms with E-state index < -0.39 is 10.9 Å². The number of aryl methyl sites for hydroxylation is 1. The van der Waals surface area contributed by atoms with Crippen molar-refractivity contribution in [1.29, 1.82) is 0 Å². The number of nitro benzene ring substituents is 1. The van der Waals surface area contributed by atoms with Crippen LogP contribution in [0.5, 0.6) is 0 Å². The Balaban J connectivity index is 2.19. The molecule has 0 aliphatic rings. The Kier molecular flexibility index (Phi) is 4.17. The van der Waals surface area contributed by atoms with E-state index in [-0.39, 0.29) is 23.5 Å². The third kappa shape index (κ3) is 3.35. The third-order valence-electron chi connectivity index (χ3n) is 2.82. The molecule has 0 saturated heterocycles. The molecule has 8 nitrogen and oxygen atoms in total. The molecular formula is C13H13N3O5. The summed E-state index contributed by atoms with van der Waals surface area (Å²) in [5.41, 5.74) is -0.241. The van der Waals surface area contributed by atoms with Crippen LogP contribution in [-0.4, -0.2) is 21.0 Å². The number of hydrogen-bond donors (Lipinski definition) is 2. The van der Waals surface area contributed by atoms with Crippen LogP contribution in [0.15, 0.2) is 28.8 Å². The molecule has 21 heavy (non-hydrogen) atoms. The lowest BCUT2D eigenvalue weighted by molar-refractivity contribution is -0.384. The molecular weight excluding hydrogens is 278 g/mol. The van der Waals surface area contributed by atoms with Crippen LogP contribution in [0.25, 0.3) is 0 Å². The molecule has 0 fully saturated rings. The highest BCUT2D eigenvalue weighted by molar-refractivity contribution is 5.89. The van der Waals surface area contributed by atoms with Gasteiger partial charge in [-0.15, -0.1) is 0 Å². The molecule has 8 heteroatoms. The van der Waals surface area contributed by atoms with Gasteiger partial charge in [-0.3, -0.25) is 10.1 Å². The van der Waals surface area contributed by atoms with Crippen molar-refractivity contribution in [1.82, 2.24) is 4.98 Å². The minimum absolute atomic E-state index is 0.142. The van der Waals surface area contributed by atoms with Gasteiger partial charge < -0.3 is 14.8 Å². The Labute approximate surface area is 119 Å². The van der Waals surface area contributed by atoms with Crippen molar-refractivity contribution >= 4 is 17.3 Å². The molecule has 2 rings (SSSR count). The Hall–Kier alpha value is -2.90. The van der Waals surface area contributed by atoms with Gasteiger partial charge in [0.2, 0.25) is 5.89 Å². The molecule has 0 aliphatic carbocycles. The van der Waals surface area contributed by atoms with Crippen LogP contribution in [0.4, 0.5) is 11.4 Å². The number of nitro groups is 1. The second-order valence-corrected chi connectivity index (χ2v) is 4.22. The molecule has 0 bridgehead atoms. The number of anilines is 1. The van der Waals surface area contributed by atoms with Gasteiger partial charge in [0.25, 0.3) is 5.69 Å². The minimum atomic E-state index is -1.22. The van der Waals surface area contributed by atoms with Crippen molar-refractivity contribution in [2.24, 2.45) is 0 Å². The lowest BCUT2D eigenvalue weighted by atomic mass is 10.1. The van der Waals surface area contributed by atoms with Crippen LogP contribution >= 0.6 is 0 Å². The highest BCUT2D eigenvalue weighted by Gasteiger charge is 2.17. The SMILES string of the molecule is CCc1cnc(CNc2ccc(C(=O)O)cc2[N+](=O)[O-])o1. The van der Waals surface area contributed by atoms with Gasteiger partial charge in [0.15, 0.2) is 0 Å².